The van der Waals surface area contributed by atoms with Crippen LogP contribution >= 0.6 is 0 Å². The molecule has 0 atom stereocenters. The van der Waals surface area contributed by atoms with Crippen LogP contribution in [0.3, 0.4) is 0 Å². The second-order valence-corrected chi connectivity index (χ2v) is 5.31. The summed E-state index contributed by atoms with van der Waals surface area (Å²) in [5, 5.41) is 6.60. The number of aliphatic imine (C=N–C) groups is 1. The molecule has 124 valence electrons. The Balaban J connectivity index is 1.73. The summed E-state index contributed by atoms with van der Waals surface area (Å²) in [7, 11) is 3.48. The van der Waals surface area contributed by atoms with Gasteiger partial charge in [-0.25, -0.2) is 0 Å². The first-order chi connectivity index (χ1) is 11.2. The molecule has 5 heteroatoms. The molecule has 0 unspecified atom stereocenters. The molecule has 5 nitrogen and oxygen atoms in total. The van der Waals surface area contributed by atoms with Crippen LogP contribution in [0.5, 0.6) is 5.75 Å². The summed E-state index contributed by atoms with van der Waals surface area (Å²) in [5.74, 6) is 2.71. The van der Waals surface area contributed by atoms with Crippen LogP contribution in [0.1, 0.15) is 16.9 Å². The highest BCUT2D eigenvalue weighted by Crippen LogP contribution is 2.18. The van der Waals surface area contributed by atoms with E-state index in [0.717, 1.165) is 49.0 Å². The fraction of sp³-hybridized carbons (Fsp3) is 0.389. The maximum absolute atomic E-state index is 5.36. The lowest BCUT2D eigenvalue weighted by molar-refractivity contribution is 0.411. The first-order valence-electron chi connectivity index (χ1n) is 7.83. The lowest BCUT2D eigenvalue weighted by atomic mass is 10.1. The Kier molecular flexibility index (Phi) is 6.54. The van der Waals surface area contributed by atoms with Crippen LogP contribution in [-0.2, 0) is 12.8 Å². The number of furan rings is 1. The molecule has 0 saturated carbocycles. The van der Waals surface area contributed by atoms with Crippen molar-refractivity contribution in [3.8, 4) is 5.75 Å². The fourth-order valence-corrected chi connectivity index (χ4v) is 2.32. The Morgan fingerprint density at radius 3 is 2.61 bits per heavy atom. The van der Waals surface area contributed by atoms with Crippen LogP contribution in [0.25, 0.3) is 0 Å². The van der Waals surface area contributed by atoms with Crippen molar-refractivity contribution in [3.63, 3.8) is 0 Å². The van der Waals surface area contributed by atoms with E-state index in [1.54, 1.807) is 20.4 Å². The Morgan fingerprint density at radius 1 is 1.17 bits per heavy atom. The van der Waals surface area contributed by atoms with Crippen LogP contribution in [0.15, 0.2) is 46.0 Å². The van der Waals surface area contributed by atoms with Crippen molar-refractivity contribution in [2.45, 2.75) is 19.8 Å². The smallest absolute Gasteiger partial charge is 0.191 e. The van der Waals surface area contributed by atoms with Crippen molar-refractivity contribution in [2.75, 3.05) is 27.2 Å². The van der Waals surface area contributed by atoms with Crippen molar-refractivity contribution in [2.24, 2.45) is 4.99 Å². The molecule has 1 aromatic heterocycles. The highest BCUT2D eigenvalue weighted by Gasteiger charge is 2.02. The summed E-state index contributed by atoms with van der Waals surface area (Å²) in [6, 6.07) is 10.2. The molecule has 0 aliphatic rings. The number of hydrogen-bond acceptors (Lipinski definition) is 3. The van der Waals surface area contributed by atoms with Gasteiger partial charge in [0.25, 0.3) is 0 Å². The van der Waals surface area contributed by atoms with Crippen LogP contribution in [0, 0.1) is 6.92 Å². The zero-order valence-corrected chi connectivity index (χ0v) is 14.1. The van der Waals surface area contributed by atoms with Crippen molar-refractivity contribution in [1.82, 2.24) is 10.6 Å². The van der Waals surface area contributed by atoms with Gasteiger partial charge in [-0.05, 0) is 42.7 Å². The van der Waals surface area contributed by atoms with E-state index in [0.29, 0.717) is 0 Å². The van der Waals surface area contributed by atoms with Crippen molar-refractivity contribution in [1.29, 1.82) is 0 Å². The normalized spacial score (nSPS) is 11.3. The summed E-state index contributed by atoms with van der Waals surface area (Å²) < 4.78 is 10.7. The number of ether oxygens (including phenoxy) is 1. The van der Waals surface area contributed by atoms with Crippen molar-refractivity contribution in [3.05, 3.63) is 53.5 Å². The quantitative estimate of drug-likeness (QED) is 0.609. The number of nitrogens with zero attached hydrogens (tertiary/aromatic N) is 1. The standard InChI is InChI=1S/C18H25N3O2/c1-14-6-7-15(13-17(14)22-3)8-10-20-18(19-2)21-11-9-16-5-4-12-23-16/h4-7,12-13H,8-11H2,1-3H3,(H2,19,20,21). The van der Waals surface area contributed by atoms with Gasteiger partial charge >= 0.3 is 0 Å². The molecule has 1 aromatic carbocycles. The topological polar surface area (TPSA) is 58.8 Å². The number of hydrogen-bond donors (Lipinski definition) is 2. The van der Waals surface area contributed by atoms with Gasteiger partial charge in [-0.3, -0.25) is 4.99 Å². The molecule has 0 saturated heterocycles. The zero-order valence-electron chi connectivity index (χ0n) is 14.1. The Morgan fingerprint density at radius 2 is 1.96 bits per heavy atom. The van der Waals surface area contributed by atoms with Crippen molar-refractivity contribution >= 4 is 5.96 Å². The second-order valence-electron chi connectivity index (χ2n) is 5.31. The molecule has 23 heavy (non-hydrogen) atoms. The summed E-state index contributed by atoms with van der Waals surface area (Å²) in [5.41, 5.74) is 2.39. The largest absolute Gasteiger partial charge is 0.496 e. The van der Waals surface area contributed by atoms with Crippen molar-refractivity contribution < 1.29 is 9.15 Å². The minimum absolute atomic E-state index is 0.783. The molecular weight excluding hydrogens is 290 g/mol. The minimum Gasteiger partial charge on any atom is -0.496 e. The first kappa shape index (κ1) is 16.9. The average molecular weight is 315 g/mol. The molecule has 0 radical (unpaired) electrons. The van der Waals surface area contributed by atoms with Gasteiger partial charge in [0, 0.05) is 26.6 Å². The summed E-state index contributed by atoms with van der Waals surface area (Å²) >= 11 is 0. The van der Waals surface area contributed by atoms with Gasteiger partial charge in [0.15, 0.2) is 5.96 Å². The lowest BCUT2D eigenvalue weighted by Gasteiger charge is -2.12. The zero-order chi connectivity index (χ0) is 16.5. The van der Waals surface area contributed by atoms with Gasteiger partial charge in [-0.15, -0.1) is 0 Å². The van der Waals surface area contributed by atoms with Crippen LogP contribution in [0.4, 0.5) is 0 Å². The highest BCUT2D eigenvalue weighted by molar-refractivity contribution is 5.79. The third-order valence-electron chi connectivity index (χ3n) is 3.65. The maximum atomic E-state index is 5.36. The van der Waals surface area contributed by atoms with E-state index in [4.69, 9.17) is 9.15 Å². The number of rotatable bonds is 7. The Labute approximate surface area is 137 Å². The van der Waals surface area contributed by atoms with E-state index in [1.807, 2.05) is 19.1 Å². The van der Waals surface area contributed by atoms with E-state index in [1.165, 1.54) is 5.56 Å². The summed E-state index contributed by atoms with van der Waals surface area (Å²) in [6.07, 6.45) is 3.44. The average Bonchev–Trinajstić information content (AvgIpc) is 3.08. The molecule has 0 amide bonds. The number of nitrogens with one attached hydrogen (secondary N) is 2. The predicted molar refractivity (Wildman–Crippen MR) is 93.2 cm³/mol. The lowest BCUT2D eigenvalue weighted by Crippen LogP contribution is -2.39. The molecule has 2 N–H and O–H groups in total. The maximum Gasteiger partial charge on any atom is 0.191 e. The number of guanidine groups is 1. The fourth-order valence-electron chi connectivity index (χ4n) is 2.32. The molecular formula is C18H25N3O2. The van der Waals surface area contributed by atoms with Crippen LogP contribution < -0.4 is 15.4 Å². The van der Waals surface area contributed by atoms with E-state index in [2.05, 4.69) is 33.8 Å². The van der Waals surface area contributed by atoms with E-state index < -0.39 is 0 Å². The van der Waals surface area contributed by atoms with Crippen LogP contribution in [-0.4, -0.2) is 33.2 Å². The third kappa shape index (κ3) is 5.36. The molecule has 0 aliphatic carbocycles. The van der Waals surface area contributed by atoms with Gasteiger partial charge in [-0.2, -0.15) is 0 Å². The van der Waals surface area contributed by atoms with Crippen LogP contribution in [0.2, 0.25) is 0 Å². The van der Waals surface area contributed by atoms with E-state index in [-0.39, 0.29) is 0 Å². The van der Waals surface area contributed by atoms with Gasteiger partial charge in [0.1, 0.15) is 11.5 Å². The third-order valence-corrected chi connectivity index (χ3v) is 3.65. The van der Waals surface area contributed by atoms with Gasteiger partial charge < -0.3 is 19.8 Å². The molecule has 2 rings (SSSR count). The highest BCUT2D eigenvalue weighted by atomic mass is 16.5. The van der Waals surface area contributed by atoms with E-state index >= 15 is 0 Å². The van der Waals surface area contributed by atoms with Gasteiger partial charge in [0.05, 0.1) is 13.4 Å². The molecule has 2 aromatic rings. The second kappa shape index (κ2) is 8.88. The SMILES string of the molecule is CN=C(NCCc1ccc(C)c(OC)c1)NCCc1ccco1. The minimum atomic E-state index is 0.783. The number of benzene rings is 1. The van der Waals surface area contributed by atoms with Gasteiger partial charge in [-0.1, -0.05) is 12.1 Å². The monoisotopic (exact) mass is 315 g/mol. The number of aryl methyl sites for hydroxylation is 1. The first-order valence-corrected chi connectivity index (χ1v) is 7.83. The summed E-state index contributed by atoms with van der Waals surface area (Å²) in [4.78, 5) is 4.23. The number of methoxy groups -OCH3 is 1. The summed E-state index contributed by atoms with van der Waals surface area (Å²) in [6.45, 7) is 3.64. The van der Waals surface area contributed by atoms with Gasteiger partial charge in [0.2, 0.25) is 0 Å². The molecule has 1 heterocycles. The molecule has 0 bridgehead atoms. The molecule has 0 aliphatic heterocycles. The Hall–Kier alpha value is -2.43. The van der Waals surface area contributed by atoms with E-state index in [9.17, 15) is 0 Å². The predicted octanol–water partition coefficient (Wildman–Crippen LogP) is 2.55. The molecule has 0 spiro atoms. The molecule has 0 fully saturated rings. The Bertz CT molecular complexity index is 621.